The lowest BCUT2D eigenvalue weighted by Crippen LogP contribution is -2.39. The van der Waals surface area contributed by atoms with E-state index in [2.05, 4.69) is 274 Å². The van der Waals surface area contributed by atoms with Gasteiger partial charge >= 0.3 is 5.82 Å². The van der Waals surface area contributed by atoms with Gasteiger partial charge in [0, 0.05) is 50.8 Å². The number of nitrogens with zero attached hydrogens (tertiary/aromatic N) is 8. The first-order valence-electron chi connectivity index (χ1n) is 27.9. The molecule has 1 aliphatic rings. The molecule has 14 rings (SSSR count). The van der Waals surface area contributed by atoms with Crippen LogP contribution in [0.25, 0.3) is 90.1 Å². The van der Waals surface area contributed by atoms with Crippen LogP contribution in [0.4, 0.5) is 0 Å². The van der Waals surface area contributed by atoms with E-state index >= 15 is 0 Å². The molecule has 0 N–H and O–H groups in total. The van der Waals surface area contributed by atoms with Crippen LogP contribution in [-0.4, -0.2) is 28.7 Å². The molecule has 6 heterocycles. The third kappa shape index (κ3) is 9.21. The van der Waals surface area contributed by atoms with Gasteiger partial charge in [-0.25, -0.2) is 15.0 Å². The highest BCUT2D eigenvalue weighted by atomic mass is 32.2. The molecule has 0 aliphatic carbocycles. The number of fused-ring (bicyclic) bond motifs is 6. The molecule has 0 fully saturated rings. The predicted molar refractivity (Wildman–Crippen MR) is 322 cm³/mol. The van der Waals surface area contributed by atoms with Crippen LogP contribution in [0.3, 0.4) is 0 Å². The van der Waals surface area contributed by atoms with E-state index in [1.54, 1.807) is 0 Å². The zero-order valence-electron chi connectivity index (χ0n) is 44.7. The fourth-order valence-electron chi connectivity index (χ4n) is 11.6. The monoisotopic (exact) mass is 1060 g/mol. The van der Waals surface area contributed by atoms with E-state index in [0.717, 1.165) is 115 Å². The number of hydrogen-bond donors (Lipinski definition) is 0. The lowest BCUT2D eigenvalue weighted by molar-refractivity contribution is -0.736. The van der Waals surface area contributed by atoms with Gasteiger partial charge in [0.2, 0.25) is 6.54 Å². The quantitative estimate of drug-likeness (QED) is 0.0902. The number of unbranched alkanes of at least 4 members (excludes halogenated alkanes) is 1. The second kappa shape index (κ2) is 21.1. The van der Waals surface area contributed by atoms with Crippen molar-refractivity contribution < 1.29 is 13.9 Å². The smallest absolute Gasteiger partial charge is 0.450 e. The molecule has 388 valence electrons. The van der Waals surface area contributed by atoms with Crippen LogP contribution in [0.1, 0.15) is 50.8 Å². The summed E-state index contributed by atoms with van der Waals surface area (Å²) in [7, 11) is 0. The Hall–Kier alpha value is -9.38. The number of pyridine rings is 2. The summed E-state index contributed by atoms with van der Waals surface area (Å²) in [4.78, 5) is 18.7. The van der Waals surface area contributed by atoms with Crippen molar-refractivity contribution in [2.45, 2.75) is 62.3 Å². The van der Waals surface area contributed by atoms with E-state index in [4.69, 9.17) is 19.7 Å². The van der Waals surface area contributed by atoms with Gasteiger partial charge in [-0.3, -0.25) is 13.7 Å². The average molecular weight is 1060 g/mol. The van der Waals surface area contributed by atoms with Crippen LogP contribution in [0, 0.1) is 5.92 Å². The van der Waals surface area contributed by atoms with Gasteiger partial charge in [-0.05, 0) is 151 Å². The van der Waals surface area contributed by atoms with Crippen LogP contribution >= 0.6 is 11.8 Å². The van der Waals surface area contributed by atoms with Crippen molar-refractivity contribution in [2.24, 2.45) is 5.92 Å². The normalized spacial score (nSPS) is 12.3. The molecule has 13 aromatic rings. The Morgan fingerprint density at radius 3 is 1.57 bits per heavy atom. The Labute approximate surface area is 469 Å². The van der Waals surface area contributed by atoms with Crippen LogP contribution in [0.2, 0.25) is 0 Å². The zero-order chi connectivity index (χ0) is 53.5. The SMILES string of the molecule is CCCCC(CC)Cc1cc(Oc2ccc(-n3c(-c4cc(-c5nc6ccccc6n5-c5ccccc5)cc(-c5nc6ccccc6n5-c5ccccc5)c4)nc4ccccc43)cc2)ccc1Sc1ccc2[n+](c1)-c1cccc[n+]1C2. The van der Waals surface area contributed by atoms with Gasteiger partial charge in [-0.1, -0.05) is 124 Å². The van der Waals surface area contributed by atoms with Gasteiger partial charge in [0.25, 0.3) is 5.69 Å². The van der Waals surface area contributed by atoms with E-state index in [1.807, 2.05) is 11.8 Å². The van der Waals surface area contributed by atoms with E-state index < -0.39 is 0 Å². The number of para-hydroxylation sites is 8. The maximum Gasteiger partial charge on any atom is 0.450 e. The van der Waals surface area contributed by atoms with Gasteiger partial charge in [-0.15, -0.1) is 9.13 Å². The van der Waals surface area contributed by atoms with Crippen molar-refractivity contribution in [1.29, 1.82) is 0 Å². The lowest BCUT2D eigenvalue weighted by atomic mass is 9.92. The summed E-state index contributed by atoms with van der Waals surface area (Å²) in [5.74, 6) is 5.81. The standard InChI is InChI=1S/C70H58N8OS/c1-3-5-20-48(4-2)41-49-45-58(37-39-66(49)80-59-38-34-56-46-74-40-19-18-31-67(74)75(56)47-59)79-57-35-32-55(33-36-57)78-65-30-17-14-27-62(65)73-70(78)52-43-50(68-71-60-25-12-15-28-63(60)76(68)53-21-8-6-9-22-53)42-51(44-52)69-72-61-26-13-16-29-64(61)77(69)54-23-10-7-11-24-54/h6-19,21-40,42-45,47-48H,3-5,20,41,46H2,1-2H3/q+2. The molecule has 0 radical (unpaired) electrons. The largest absolute Gasteiger partial charge is 0.457 e. The van der Waals surface area contributed by atoms with Crippen molar-refractivity contribution >= 4 is 44.9 Å². The minimum Gasteiger partial charge on any atom is -0.457 e. The summed E-state index contributed by atoms with van der Waals surface area (Å²) in [5.41, 5.74) is 14.2. The fourth-order valence-corrected chi connectivity index (χ4v) is 12.5. The number of ether oxygens (including phenoxy) is 1. The maximum atomic E-state index is 6.81. The highest BCUT2D eigenvalue weighted by Gasteiger charge is 2.34. The first-order valence-corrected chi connectivity index (χ1v) is 28.7. The van der Waals surface area contributed by atoms with Crippen LogP contribution in [-0.2, 0) is 13.0 Å². The Morgan fingerprint density at radius 2 is 1.02 bits per heavy atom. The van der Waals surface area contributed by atoms with Gasteiger partial charge in [0.05, 0.1) is 44.1 Å². The highest BCUT2D eigenvalue weighted by molar-refractivity contribution is 7.99. The summed E-state index contributed by atoms with van der Waals surface area (Å²) in [6.45, 7) is 5.50. The summed E-state index contributed by atoms with van der Waals surface area (Å²) in [6.07, 6.45) is 10.2. The number of benzene rings is 8. The molecule has 0 amide bonds. The van der Waals surface area contributed by atoms with Crippen LogP contribution in [0.15, 0.2) is 247 Å². The molecule has 1 aliphatic heterocycles. The molecular weight excluding hydrogens is 1000 g/mol. The van der Waals surface area contributed by atoms with Crippen molar-refractivity contribution in [3.63, 3.8) is 0 Å². The van der Waals surface area contributed by atoms with E-state index in [9.17, 15) is 0 Å². The Morgan fingerprint density at radius 1 is 0.512 bits per heavy atom. The fraction of sp³-hybridized carbons (Fsp3) is 0.129. The molecule has 0 bridgehead atoms. The molecule has 8 aromatic carbocycles. The van der Waals surface area contributed by atoms with Crippen molar-refractivity contribution in [3.8, 4) is 68.5 Å². The minimum atomic E-state index is 0.591. The van der Waals surface area contributed by atoms with Crippen LogP contribution < -0.4 is 13.9 Å². The molecule has 1 atom stereocenters. The molecule has 80 heavy (non-hydrogen) atoms. The second-order valence-corrected chi connectivity index (χ2v) is 21.9. The first kappa shape index (κ1) is 49.0. The lowest BCUT2D eigenvalue weighted by Gasteiger charge is -2.18. The highest BCUT2D eigenvalue weighted by Crippen LogP contribution is 2.40. The summed E-state index contributed by atoms with van der Waals surface area (Å²) < 4.78 is 18.2. The number of imidazole rings is 3. The average Bonchev–Trinajstić information content (AvgIpc) is 4.50. The molecular formula is C70H58N8OS+2. The number of hydrogen-bond acceptors (Lipinski definition) is 5. The molecule has 5 aromatic heterocycles. The Balaban J connectivity index is 0.863. The second-order valence-electron chi connectivity index (χ2n) is 20.7. The number of aromatic nitrogens is 8. The van der Waals surface area contributed by atoms with Gasteiger partial charge in [-0.2, -0.15) is 0 Å². The van der Waals surface area contributed by atoms with Crippen LogP contribution in [0.5, 0.6) is 11.5 Å². The zero-order valence-corrected chi connectivity index (χ0v) is 45.5. The minimum absolute atomic E-state index is 0.591. The van der Waals surface area contributed by atoms with Crippen molar-refractivity contribution in [1.82, 2.24) is 28.7 Å². The topological polar surface area (TPSA) is 70.5 Å². The molecule has 9 nitrogen and oxygen atoms in total. The molecule has 10 heteroatoms. The van der Waals surface area contributed by atoms with Crippen molar-refractivity contribution in [3.05, 3.63) is 248 Å². The summed E-state index contributed by atoms with van der Waals surface area (Å²) in [6, 6.07) is 78.8. The summed E-state index contributed by atoms with van der Waals surface area (Å²) >= 11 is 1.84. The van der Waals surface area contributed by atoms with Gasteiger partial charge < -0.3 is 4.74 Å². The van der Waals surface area contributed by atoms with Crippen molar-refractivity contribution in [2.75, 3.05) is 0 Å². The third-order valence-corrected chi connectivity index (χ3v) is 16.7. The van der Waals surface area contributed by atoms with Gasteiger partial charge in [0.1, 0.15) is 29.0 Å². The first-order chi connectivity index (χ1) is 39.5. The van der Waals surface area contributed by atoms with E-state index in [-0.39, 0.29) is 0 Å². The Kier molecular flexibility index (Phi) is 12.9. The summed E-state index contributed by atoms with van der Waals surface area (Å²) in [5, 5.41) is 0. The molecule has 1 unspecified atom stereocenters. The maximum absolute atomic E-state index is 6.81. The van der Waals surface area contributed by atoms with E-state index in [0.29, 0.717) is 5.92 Å². The number of rotatable bonds is 16. The molecule has 0 saturated carbocycles. The molecule has 0 saturated heterocycles. The van der Waals surface area contributed by atoms with Gasteiger partial charge in [0.15, 0.2) is 12.4 Å². The Bertz CT molecular complexity index is 4270. The molecule has 0 spiro atoms. The third-order valence-electron chi connectivity index (χ3n) is 15.6. The van der Waals surface area contributed by atoms with E-state index in [1.165, 1.54) is 46.1 Å². The predicted octanol–water partition coefficient (Wildman–Crippen LogP) is 16.3.